The van der Waals surface area contributed by atoms with Gasteiger partial charge in [-0.15, -0.1) is 0 Å². The molecule has 3 aromatic rings. The van der Waals surface area contributed by atoms with Crippen molar-refractivity contribution in [3.63, 3.8) is 0 Å². The third-order valence-corrected chi connectivity index (χ3v) is 3.63. The van der Waals surface area contributed by atoms with E-state index in [1.807, 2.05) is 6.07 Å². The molecule has 0 aliphatic heterocycles. The van der Waals surface area contributed by atoms with Gasteiger partial charge in [-0.25, -0.2) is 9.97 Å². The lowest BCUT2D eigenvalue weighted by Crippen LogP contribution is -2.12. The van der Waals surface area contributed by atoms with Gasteiger partial charge in [0.25, 0.3) is 0 Å². The van der Waals surface area contributed by atoms with Crippen molar-refractivity contribution in [3.05, 3.63) is 59.5 Å². The highest BCUT2D eigenvalue weighted by molar-refractivity contribution is 5.84. The second kappa shape index (κ2) is 6.07. The SMILES string of the molecule is Cc1nc(N[C@H](C)c2cccc(C(F)(F)F)c2)c2ncccc2n1. The molecular weight excluding hydrogens is 317 g/mol. The highest BCUT2D eigenvalue weighted by atomic mass is 19.4. The number of pyridine rings is 1. The summed E-state index contributed by atoms with van der Waals surface area (Å²) in [7, 11) is 0. The second-order valence-corrected chi connectivity index (χ2v) is 5.48. The van der Waals surface area contributed by atoms with E-state index in [1.165, 1.54) is 6.07 Å². The van der Waals surface area contributed by atoms with E-state index in [0.717, 1.165) is 12.1 Å². The average molecular weight is 332 g/mol. The summed E-state index contributed by atoms with van der Waals surface area (Å²) < 4.78 is 38.6. The summed E-state index contributed by atoms with van der Waals surface area (Å²) in [5.74, 6) is 1.07. The highest BCUT2D eigenvalue weighted by Gasteiger charge is 2.30. The predicted molar refractivity (Wildman–Crippen MR) is 85.6 cm³/mol. The third-order valence-electron chi connectivity index (χ3n) is 3.63. The minimum Gasteiger partial charge on any atom is -0.362 e. The topological polar surface area (TPSA) is 50.7 Å². The summed E-state index contributed by atoms with van der Waals surface area (Å²) in [5, 5.41) is 3.14. The Kier molecular flexibility index (Phi) is 4.09. The van der Waals surface area contributed by atoms with Crippen molar-refractivity contribution in [2.45, 2.75) is 26.1 Å². The zero-order valence-corrected chi connectivity index (χ0v) is 13.1. The van der Waals surface area contributed by atoms with Crippen molar-refractivity contribution >= 4 is 16.9 Å². The van der Waals surface area contributed by atoms with Crippen LogP contribution in [0, 0.1) is 6.92 Å². The van der Waals surface area contributed by atoms with Crippen molar-refractivity contribution in [1.29, 1.82) is 0 Å². The Morgan fingerprint density at radius 1 is 1.08 bits per heavy atom. The van der Waals surface area contributed by atoms with Gasteiger partial charge in [-0.1, -0.05) is 12.1 Å². The molecule has 0 amide bonds. The maximum Gasteiger partial charge on any atom is 0.416 e. The molecule has 1 atom stereocenters. The molecule has 0 aliphatic rings. The Morgan fingerprint density at radius 2 is 1.88 bits per heavy atom. The van der Waals surface area contributed by atoms with Gasteiger partial charge in [0, 0.05) is 6.20 Å². The quantitative estimate of drug-likeness (QED) is 0.766. The Balaban J connectivity index is 1.95. The van der Waals surface area contributed by atoms with Gasteiger partial charge >= 0.3 is 6.18 Å². The van der Waals surface area contributed by atoms with Gasteiger partial charge in [0.15, 0.2) is 5.82 Å². The van der Waals surface area contributed by atoms with Gasteiger partial charge in [0.2, 0.25) is 0 Å². The van der Waals surface area contributed by atoms with Crippen LogP contribution in [0.15, 0.2) is 42.6 Å². The number of nitrogens with one attached hydrogen (secondary N) is 1. The lowest BCUT2D eigenvalue weighted by Gasteiger charge is -2.17. The highest BCUT2D eigenvalue weighted by Crippen LogP contribution is 2.31. The molecular formula is C17H15F3N4. The first kappa shape index (κ1) is 16.2. The minimum atomic E-state index is -4.37. The van der Waals surface area contributed by atoms with Crippen molar-refractivity contribution in [2.75, 3.05) is 5.32 Å². The molecule has 0 saturated carbocycles. The monoisotopic (exact) mass is 332 g/mol. The van der Waals surface area contributed by atoms with Gasteiger partial charge in [0.05, 0.1) is 17.1 Å². The number of aryl methyl sites for hydroxylation is 1. The Morgan fingerprint density at radius 3 is 2.62 bits per heavy atom. The number of aromatic nitrogens is 3. The van der Waals surface area contributed by atoms with Gasteiger partial charge in [-0.3, -0.25) is 4.98 Å². The number of benzene rings is 1. The molecule has 0 aliphatic carbocycles. The number of nitrogens with zero attached hydrogens (tertiary/aromatic N) is 3. The molecule has 4 nitrogen and oxygen atoms in total. The molecule has 0 spiro atoms. The van der Waals surface area contributed by atoms with Gasteiger partial charge < -0.3 is 5.32 Å². The second-order valence-electron chi connectivity index (χ2n) is 5.48. The van der Waals surface area contributed by atoms with E-state index in [4.69, 9.17) is 0 Å². The number of rotatable bonds is 3. The molecule has 0 saturated heterocycles. The Hall–Kier alpha value is -2.70. The van der Waals surface area contributed by atoms with Crippen molar-refractivity contribution in [2.24, 2.45) is 0 Å². The number of anilines is 1. The first-order valence-corrected chi connectivity index (χ1v) is 7.37. The number of hydrogen-bond acceptors (Lipinski definition) is 4. The smallest absolute Gasteiger partial charge is 0.362 e. The molecule has 7 heteroatoms. The van der Waals surface area contributed by atoms with E-state index in [0.29, 0.717) is 28.2 Å². The number of alkyl halides is 3. The summed E-state index contributed by atoms with van der Waals surface area (Å²) in [6, 6.07) is 8.47. The maximum absolute atomic E-state index is 12.9. The normalized spacial score (nSPS) is 13.0. The van der Waals surface area contributed by atoms with Crippen LogP contribution in [-0.4, -0.2) is 15.0 Å². The molecule has 1 N–H and O–H groups in total. The summed E-state index contributed by atoms with van der Waals surface area (Å²) in [4.78, 5) is 12.9. The van der Waals surface area contributed by atoms with Crippen LogP contribution in [0.3, 0.4) is 0 Å². The molecule has 0 fully saturated rings. The van der Waals surface area contributed by atoms with E-state index < -0.39 is 11.7 Å². The average Bonchev–Trinajstić information content (AvgIpc) is 2.54. The predicted octanol–water partition coefficient (Wildman–Crippen LogP) is 4.53. The third kappa shape index (κ3) is 3.29. The van der Waals surface area contributed by atoms with Crippen molar-refractivity contribution in [3.8, 4) is 0 Å². The molecule has 24 heavy (non-hydrogen) atoms. The summed E-state index contributed by atoms with van der Waals surface area (Å²) >= 11 is 0. The van der Waals surface area contributed by atoms with Crippen LogP contribution in [-0.2, 0) is 6.18 Å². The summed E-state index contributed by atoms with van der Waals surface area (Å²) in [5.41, 5.74) is 1.12. The lowest BCUT2D eigenvalue weighted by molar-refractivity contribution is -0.137. The fourth-order valence-corrected chi connectivity index (χ4v) is 2.46. The lowest BCUT2D eigenvalue weighted by atomic mass is 10.0. The van der Waals surface area contributed by atoms with Crippen molar-refractivity contribution < 1.29 is 13.2 Å². The van der Waals surface area contributed by atoms with Crippen molar-refractivity contribution in [1.82, 2.24) is 15.0 Å². The summed E-state index contributed by atoms with van der Waals surface area (Å²) in [6.45, 7) is 3.54. The molecule has 2 heterocycles. The molecule has 2 aromatic heterocycles. The van der Waals surface area contributed by atoms with Crippen LogP contribution in [0.5, 0.6) is 0 Å². The molecule has 0 unspecified atom stereocenters. The Labute approximate surface area is 136 Å². The fourth-order valence-electron chi connectivity index (χ4n) is 2.46. The van der Waals surface area contributed by atoms with Crippen LogP contribution in [0.4, 0.5) is 19.0 Å². The van der Waals surface area contributed by atoms with Crippen LogP contribution in [0.25, 0.3) is 11.0 Å². The first-order chi connectivity index (χ1) is 11.3. The van der Waals surface area contributed by atoms with Crippen LogP contribution in [0.2, 0.25) is 0 Å². The standard InChI is InChI=1S/C17H15F3N4/c1-10(12-5-3-6-13(9-12)17(18,19)20)22-16-15-14(7-4-8-21-15)23-11(2)24-16/h3-10H,1-2H3,(H,22,23,24)/t10-/m1/s1. The zero-order valence-electron chi connectivity index (χ0n) is 13.1. The van der Waals surface area contributed by atoms with Crippen LogP contribution >= 0.6 is 0 Å². The molecule has 124 valence electrons. The number of fused-ring (bicyclic) bond motifs is 1. The minimum absolute atomic E-state index is 0.369. The van der Waals surface area contributed by atoms with E-state index >= 15 is 0 Å². The first-order valence-electron chi connectivity index (χ1n) is 7.37. The largest absolute Gasteiger partial charge is 0.416 e. The molecule has 0 bridgehead atoms. The van der Waals surface area contributed by atoms with Gasteiger partial charge in [-0.2, -0.15) is 13.2 Å². The van der Waals surface area contributed by atoms with E-state index in [-0.39, 0.29) is 6.04 Å². The maximum atomic E-state index is 12.9. The van der Waals surface area contributed by atoms with E-state index in [1.54, 1.807) is 32.2 Å². The van der Waals surface area contributed by atoms with E-state index in [2.05, 4.69) is 20.3 Å². The van der Waals surface area contributed by atoms with Crippen LogP contribution < -0.4 is 5.32 Å². The summed E-state index contributed by atoms with van der Waals surface area (Å²) in [6.07, 6.45) is -2.74. The number of halogens is 3. The zero-order chi connectivity index (χ0) is 17.3. The molecule has 3 rings (SSSR count). The molecule has 0 radical (unpaired) electrons. The van der Waals surface area contributed by atoms with Gasteiger partial charge in [-0.05, 0) is 43.7 Å². The van der Waals surface area contributed by atoms with Gasteiger partial charge in [0.1, 0.15) is 11.3 Å². The fraction of sp³-hybridized carbons (Fsp3) is 0.235. The number of hydrogen-bond donors (Lipinski definition) is 1. The van der Waals surface area contributed by atoms with Crippen LogP contribution in [0.1, 0.15) is 29.9 Å². The van der Waals surface area contributed by atoms with E-state index in [9.17, 15) is 13.2 Å². The Bertz CT molecular complexity index is 877. The molecule has 1 aromatic carbocycles.